The maximum atomic E-state index is 12.2. The number of rotatable bonds is 6. The number of anilines is 2. The van der Waals surface area contributed by atoms with Gasteiger partial charge in [0.2, 0.25) is 10.0 Å². The second-order valence-corrected chi connectivity index (χ2v) is 7.66. The van der Waals surface area contributed by atoms with Crippen molar-refractivity contribution >= 4 is 38.8 Å². The van der Waals surface area contributed by atoms with Crippen molar-refractivity contribution in [1.82, 2.24) is 9.59 Å². The minimum Gasteiger partial charge on any atom is -0.321 e. The Hall–Kier alpha value is -2.00. The first kappa shape index (κ1) is 17.4. The molecule has 0 unspecified atom stereocenters. The quantitative estimate of drug-likeness (QED) is 0.829. The Morgan fingerprint density at radius 1 is 1.30 bits per heavy atom. The molecule has 1 aromatic heterocycles. The van der Waals surface area contributed by atoms with Gasteiger partial charge in [-0.05, 0) is 55.6 Å². The molecule has 0 fully saturated rings. The van der Waals surface area contributed by atoms with Gasteiger partial charge in [-0.2, -0.15) is 0 Å². The Labute approximate surface area is 139 Å². The number of hydrogen-bond donors (Lipinski definition) is 2. The molecule has 0 spiro atoms. The molecule has 0 saturated heterocycles. The lowest BCUT2D eigenvalue weighted by atomic mass is 10.2. The van der Waals surface area contributed by atoms with Crippen LogP contribution in [0.25, 0.3) is 0 Å². The highest BCUT2D eigenvalue weighted by Gasteiger charge is 2.16. The van der Waals surface area contributed by atoms with Crippen molar-refractivity contribution in [3.63, 3.8) is 0 Å². The van der Waals surface area contributed by atoms with Gasteiger partial charge in [0.05, 0.1) is 17.1 Å². The van der Waals surface area contributed by atoms with Crippen LogP contribution in [0.5, 0.6) is 0 Å². The van der Waals surface area contributed by atoms with Gasteiger partial charge in [-0.15, -0.1) is 5.10 Å². The summed E-state index contributed by atoms with van der Waals surface area (Å²) >= 11 is 1.05. The number of aryl methyl sites for hydroxylation is 2. The summed E-state index contributed by atoms with van der Waals surface area (Å²) in [5, 5.41) is 6.69. The van der Waals surface area contributed by atoms with Crippen molar-refractivity contribution in [1.29, 1.82) is 0 Å². The van der Waals surface area contributed by atoms with Crippen molar-refractivity contribution in [2.75, 3.05) is 15.8 Å². The van der Waals surface area contributed by atoms with E-state index in [0.717, 1.165) is 17.1 Å². The maximum Gasteiger partial charge on any atom is 0.269 e. The Morgan fingerprint density at radius 3 is 2.65 bits per heavy atom. The summed E-state index contributed by atoms with van der Waals surface area (Å²) in [6.07, 6.45) is 0.635. The van der Waals surface area contributed by atoms with Crippen LogP contribution >= 0.6 is 11.5 Å². The summed E-state index contributed by atoms with van der Waals surface area (Å²) in [4.78, 5) is 12.7. The van der Waals surface area contributed by atoms with E-state index in [1.807, 2.05) is 6.92 Å². The van der Waals surface area contributed by atoms with E-state index in [0.29, 0.717) is 28.4 Å². The number of carbonyl (C=O) groups is 1. The summed E-state index contributed by atoms with van der Waals surface area (Å²) in [7, 11) is -3.33. The molecule has 1 aromatic carbocycles. The number of aromatic nitrogens is 2. The molecule has 0 atom stereocenters. The molecule has 2 rings (SSSR count). The van der Waals surface area contributed by atoms with Crippen molar-refractivity contribution < 1.29 is 13.2 Å². The van der Waals surface area contributed by atoms with Crippen molar-refractivity contribution in [3.05, 3.63) is 34.3 Å². The van der Waals surface area contributed by atoms with E-state index < -0.39 is 10.0 Å². The van der Waals surface area contributed by atoms with Crippen LogP contribution in [0, 0.1) is 6.92 Å². The monoisotopic (exact) mass is 354 g/mol. The lowest BCUT2D eigenvalue weighted by molar-refractivity contribution is 0.102. The van der Waals surface area contributed by atoms with E-state index in [1.165, 1.54) is 0 Å². The van der Waals surface area contributed by atoms with Gasteiger partial charge >= 0.3 is 0 Å². The van der Waals surface area contributed by atoms with Gasteiger partial charge in [0.15, 0.2) is 0 Å². The second-order valence-electron chi connectivity index (χ2n) is 4.89. The summed E-state index contributed by atoms with van der Waals surface area (Å²) in [6.45, 7) is 5.25. The largest absolute Gasteiger partial charge is 0.321 e. The van der Waals surface area contributed by atoms with Gasteiger partial charge in [0.1, 0.15) is 4.88 Å². The predicted octanol–water partition coefficient (Wildman–Crippen LogP) is 2.42. The van der Waals surface area contributed by atoms with E-state index in [2.05, 4.69) is 19.6 Å². The second kappa shape index (κ2) is 7.05. The van der Waals surface area contributed by atoms with Crippen LogP contribution in [-0.4, -0.2) is 29.7 Å². The zero-order valence-corrected chi connectivity index (χ0v) is 14.7. The smallest absolute Gasteiger partial charge is 0.269 e. The maximum absolute atomic E-state index is 12.2. The summed E-state index contributed by atoms with van der Waals surface area (Å²) < 4.78 is 29.5. The minimum absolute atomic E-state index is 0.00308. The van der Waals surface area contributed by atoms with Crippen molar-refractivity contribution in [2.45, 2.75) is 27.2 Å². The molecule has 0 aliphatic rings. The number of benzene rings is 1. The molecule has 2 aromatic rings. The first-order valence-corrected chi connectivity index (χ1v) is 9.52. The molecule has 1 amide bonds. The van der Waals surface area contributed by atoms with E-state index >= 15 is 0 Å². The molecular weight excluding hydrogens is 336 g/mol. The number of carbonyl (C=O) groups excluding carboxylic acids is 1. The van der Waals surface area contributed by atoms with Gasteiger partial charge in [-0.3, -0.25) is 9.52 Å². The molecule has 0 radical (unpaired) electrons. The fraction of sp³-hybridized carbons (Fsp3) is 0.357. The molecule has 1 heterocycles. The summed E-state index contributed by atoms with van der Waals surface area (Å²) in [5.74, 6) is -0.263. The third-order valence-electron chi connectivity index (χ3n) is 3.23. The molecule has 0 bridgehead atoms. The van der Waals surface area contributed by atoms with Crippen LogP contribution in [0.1, 0.15) is 34.8 Å². The van der Waals surface area contributed by atoms with Crippen molar-refractivity contribution in [2.24, 2.45) is 0 Å². The average Bonchev–Trinajstić information content (AvgIpc) is 2.98. The molecule has 9 heteroatoms. The Kier molecular flexibility index (Phi) is 5.32. The van der Waals surface area contributed by atoms with Crippen LogP contribution < -0.4 is 10.0 Å². The lowest BCUT2D eigenvalue weighted by Crippen LogP contribution is -2.16. The minimum atomic E-state index is -3.33. The van der Waals surface area contributed by atoms with E-state index in [4.69, 9.17) is 0 Å². The molecule has 0 saturated carbocycles. The van der Waals surface area contributed by atoms with Gasteiger partial charge in [0.25, 0.3) is 5.91 Å². The lowest BCUT2D eigenvalue weighted by Gasteiger charge is -2.11. The fourth-order valence-electron chi connectivity index (χ4n) is 1.90. The van der Waals surface area contributed by atoms with Gasteiger partial charge < -0.3 is 5.32 Å². The van der Waals surface area contributed by atoms with E-state index in [1.54, 1.807) is 32.0 Å². The molecule has 23 heavy (non-hydrogen) atoms. The Bertz CT molecular complexity index is 815. The zero-order valence-electron chi connectivity index (χ0n) is 13.1. The van der Waals surface area contributed by atoms with Crippen LogP contribution in [0.3, 0.4) is 0 Å². The SMILES string of the molecule is CCc1nnsc1C(=O)Nc1ccc(NS(=O)(=O)CC)c(C)c1. The highest BCUT2D eigenvalue weighted by molar-refractivity contribution is 7.92. The van der Waals surface area contributed by atoms with Crippen LogP contribution in [0.2, 0.25) is 0 Å². The third kappa shape index (κ3) is 4.26. The molecular formula is C14H18N4O3S2. The van der Waals surface area contributed by atoms with Crippen molar-refractivity contribution in [3.8, 4) is 0 Å². The van der Waals surface area contributed by atoms with Gasteiger partial charge in [0, 0.05) is 5.69 Å². The molecule has 7 nitrogen and oxygen atoms in total. The van der Waals surface area contributed by atoms with E-state index in [-0.39, 0.29) is 11.7 Å². The predicted molar refractivity (Wildman–Crippen MR) is 91.5 cm³/mol. The zero-order chi connectivity index (χ0) is 17.0. The number of hydrogen-bond acceptors (Lipinski definition) is 6. The number of nitrogens with zero attached hydrogens (tertiary/aromatic N) is 2. The van der Waals surface area contributed by atoms with E-state index in [9.17, 15) is 13.2 Å². The Morgan fingerprint density at radius 2 is 2.04 bits per heavy atom. The number of sulfonamides is 1. The molecule has 124 valence electrons. The number of amides is 1. The fourth-order valence-corrected chi connectivity index (χ4v) is 3.25. The number of nitrogens with one attached hydrogen (secondary N) is 2. The first-order valence-electron chi connectivity index (χ1n) is 7.10. The standard InChI is InChI=1S/C14H18N4O3S2/c1-4-11-13(22-18-16-11)14(19)15-10-6-7-12(9(3)8-10)17-23(20,21)5-2/h6-8,17H,4-5H2,1-3H3,(H,15,19). The first-order chi connectivity index (χ1) is 10.9. The summed E-state index contributed by atoms with van der Waals surface area (Å²) in [6, 6.07) is 4.99. The van der Waals surface area contributed by atoms with Gasteiger partial charge in [-0.25, -0.2) is 8.42 Å². The highest BCUT2D eigenvalue weighted by Crippen LogP contribution is 2.22. The molecule has 2 N–H and O–H groups in total. The van der Waals surface area contributed by atoms with Crippen LogP contribution in [0.4, 0.5) is 11.4 Å². The van der Waals surface area contributed by atoms with Crippen LogP contribution in [0.15, 0.2) is 18.2 Å². The van der Waals surface area contributed by atoms with Gasteiger partial charge in [-0.1, -0.05) is 11.4 Å². The molecule has 0 aliphatic heterocycles. The van der Waals surface area contributed by atoms with Crippen LogP contribution in [-0.2, 0) is 16.4 Å². The topological polar surface area (TPSA) is 101 Å². The Balaban J connectivity index is 2.16. The average molecular weight is 354 g/mol. The normalized spacial score (nSPS) is 11.3. The highest BCUT2D eigenvalue weighted by atomic mass is 32.2. The third-order valence-corrected chi connectivity index (χ3v) is 5.28. The summed E-state index contributed by atoms with van der Waals surface area (Å²) in [5.41, 5.74) is 2.47. The molecule has 0 aliphatic carbocycles.